The van der Waals surface area contributed by atoms with Crippen LogP contribution in [-0.2, 0) is 9.84 Å². The van der Waals surface area contributed by atoms with E-state index in [2.05, 4.69) is 4.98 Å². The van der Waals surface area contributed by atoms with Gasteiger partial charge in [0.15, 0.2) is 0 Å². The van der Waals surface area contributed by atoms with E-state index in [-0.39, 0.29) is 25.9 Å². The highest BCUT2D eigenvalue weighted by Crippen LogP contribution is 2.41. The number of alkyl halides is 2. The van der Waals surface area contributed by atoms with Gasteiger partial charge in [0.2, 0.25) is 9.84 Å². The molecule has 1 aromatic heterocycles. The minimum Gasteiger partial charge on any atom is -0.465 e. The zero-order chi connectivity index (χ0) is 16.5. The van der Waals surface area contributed by atoms with Gasteiger partial charge in [-0.1, -0.05) is 0 Å². The molecule has 122 valence electrons. The normalized spacial score (nSPS) is 17.5. The summed E-state index contributed by atoms with van der Waals surface area (Å²) in [7, 11) is -4.99. The van der Waals surface area contributed by atoms with Crippen LogP contribution in [0, 0.1) is 5.92 Å². The number of nitrogens with two attached hydrogens (primary N) is 1. The number of halogens is 2. The first kappa shape index (κ1) is 16.4. The number of likely N-dealkylation sites (tertiary alicyclic amines) is 1. The van der Waals surface area contributed by atoms with Crippen molar-refractivity contribution in [3.05, 3.63) is 18.3 Å². The highest BCUT2D eigenvalue weighted by atomic mass is 32.2. The van der Waals surface area contributed by atoms with Crippen molar-refractivity contribution < 1.29 is 27.1 Å². The number of amides is 1. The molecular formula is C12H15F2N3O4S. The van der Waals surface area contributed by atoms with Gasteiger partial charge in [-0.2, -0.15) is 8.78 Å². The number of hydrogen-bond donors (Lipinski definition) is 2. The summed E-state index contributed by atoms with van der Waals surface area (Å²) in [4.78, 5) is 14.6. The summed E-state index contributed by atoms with van der Waals surface area (Å²) in [6.07, 6.45) is -0.476. The summed E-state index contributed by atoms with van der Waals surface area (Å²) >= 11 is 0. The first-order chi connectivity index (χ1) is 10.2. The van der Waals surface area contributed by atoms with Crippen molar-refractivity contribution in [1.82, 2.24) is 9.88 Å². The van der Waals surface area contributed by atoms with Gasteiger partial charge < -0.3 is 15.7 Å². The number of carboxylic acid groups (broad SMARTS) is 1. The van der Waals surface area contributed by atoms with Gasteiger partial charge in [0.25, 0.3) is 0 Å². The number of aromatic nitrogens is 1. The summed E-state index contributed by atoms with van der Waals surface area (Å²) < 4.78 is 53.3. The minimum atomic E-state index is -4.99. The Hall–Kier alpha value is -1.97. The van der Waals surface area contributed by atoms with E-state index in [1.807, 2.05) is 0 Å². The fourth-order valence-electron chi connectivity index (χ4n) is 2.40. The van der Waals surface area contributed by atoms with Gasteiger partial charge in [-0.15, -0.1) is 0 Å². The second-order valence-corrected chi connectivity index (χ2v) is 6.99. The van der Waals surface area contributed by atoms with Crippen molar-refractivity contribution in [2.24, 2.45) is 5.92 Å². The van der Waals surface area contributed by atoms with Gasteiger partial charge in [0.1, 0.15) is 10.7 Å². The molecular weight excluding hydrogens is 320 g/mol. The van der Waals surface area contributed by atoms with Crippen molar-refractivity contribution >= 4 is 21.7 Å². The molecule has 2 heterocycles. The first-order valence-corrected chi connectivity index (χ1v) is 7.97. The average molecular weight is 335 g/mol. The first-order valence-electron chi connectivity index (χ1n) is 6.48. The molecule has 0 unspecified atom stereocenters. The molecule has 1 amide bonds. The Balaban J connectivity index is 2.27. The van der Waals surface area contributed by atoms with Crippen LogP contribution in [0.4, 0.5) is 19.4 Å². The Kier molecular flexibility index (Phi) is 4.23. The molecule has 0 radical (unpaired) electrons. The maximum absolute atomic E-state index is 14.4. The lowest BCUT2D eigenvalue weighted by Gasteiger charge is -2.34. The molecule has 2 rings (SSSR count). The quantitative estimate of drug-likeness (QED) is 0.863. The van der Waals surface area contributed by atoms with Crippen LogP contribution in [0.5, 0.6) is 0 Å². The van der Waals surface area contributed by atoms with Crippen LogP contribution < -0.4 is 5.73 Å². The third kappa shape index (κ3) is 2.70. The van der Waals surface area contributed by atoms with Crippen molar-refractivity contribution in [3.8, 4) is 0 Å². The van der Waals surface area contributed by atoms with Crippen LogP contribution in [0.3, 0.4) is 0 Å². The van der Waals surface area contributed by atoms with E-state index >= 15 is 0 Å². The average Bonchev–Trinajstić information content (AvgIpc) is 2.47. The van der Waals surface area contributed by atoms with Gasteiger partial charge in [0, 0.05) is 25.2 Å². The van der Waals surface area contributed by atoms with Crippen molar-refractivity contribution in [2.75, 3.05) is 18.8 Å². The monoisotopic (exact) mass is 335 g/mol. The van der Waals surface area contributed by atoms with Gasteiger partial charge >= 0.3 is 11.3 Å². The highest BCUT2D eigenvalue weighted by Gasteiger charge is 2.54. The summed E-state index contributed by atoms with van der Waals surface area (Å²) in [6.45, 7) is -0.263. The SMILES string of the molecule is Nc1ncccc1S(=O)(=O)C(F)(F)C1CCN(C(=O)O)CC1. The number of piperidine rings is 1. The number of pyridine rings is 1. The number of nitrogens with zero attached hydrogens (tertiary/aromatic N) is 2. The largest absolute Gasteiger partial charge is 0.465 e. The van der Waals surface area contributed by atoms with E-state index in [9.17, 15) is 22.0 Å². The van der Waals surface area contributed by atoms with Gasteiger partial charge in [-0.05, 0) is 25.0 Å². The van der Waals surface area contributed by atoms with E-state index in [1.54, 1.807) is 0 Å². The van der Waals surface area contributed by atoms with E-state index in [0.717, 1.165) is 11.0 Å². The summed E-state index contributed by atoms with van der Waals surface area (Å²) in [6, 6.07) is 2.20. The van der Waals surface area contributed by atoms with E-state index < -0.39 is 37.8 Å². The van der Waals surface area contributed by atoms with E-state index in [1.165, 1.54) is 12.3 Å². The third-order valence-electron chi connectivity index (χ3n) is 3.69. The van der Waals surface area contributed by atoms with Crippen molar-refractivity contribution in [2.45, 2.75) is 23.0 Å². The molecule has 0 atom stereocenters. The van der Waals surface area contributed by atoms with Crippen LogP contribution in [0.1, 0.15) is 12.8 Å². The van der Waals surface area contributed by atoms with Crippen molar-refractivity contribution in [1.29, 1.82) is 0 Å². The summed E-state index contributed by atoms with van der Waals surface area (Å²) in [5.41, 5.74) is 5.39. The maximum Gasteiger partial charge on any atom is 0.407 e. The molecule has 0 aromatic carbocycles. The zero-order valence-electron chi connectivity index (χ0n) is 11.4. The molecule has 0 bridgehead atoms. The number of anilines is 1. The van der Waals surface area contributed by atoms with Crippen LogP contribution in [-0.4, -0.2) is 47.8 Å². The Labute approximate surface area is 125 Å². The smallest absolute Gasteiger partial charge is 0.407 e. The molecule has 3 N–H and O–H groups in total. The molecule has 10 heteroatoms. The number of rotatable bonds is 3. The number of sulfone groups is 1. The molecule has 0 aliphatic carbocycles. The fraction of sp³-hybridized carbons (Fsp3) is 0.500. The van der Waals surface area contributed by atoms with Crippen LogP contribution in [0.25, 0.3) is 0 Å². The van der Waals surface area contributed by atoms with Crippen LogP contribution in [0.15, 0.2) is 23.2 Å². The van der Waals surface area contributed by atoms with E-state index in [4.69, 9.17) is 10.8 Å². The minimum absolute atomic E-state index is 0.131. The predicted octanol–water partition coefficient (Wildman–Crippen LogP) is 1.42. The van der Waals surface area contributed by atoms with E-state index in [0.29, 0.717) is 0 Å². The van der Waals surface area contributed by atoms with Crippen molar-refractivity contribution in [3.63, 3.8) is 0 Å². The molecule has 22 heavy (non-hydrogen) atoms. The second-order valence-electron chi connectivity index (χ2n) is 5.00. The second kappa shape index (κ2) is 5.67. The molecule has 1 aliphatic heterocycles. The Morgan fingerprint density at radius 2 is 2.00 bits per heavy atom. The van der Waals surface area contributed by atoms with Gasteiger partial charge in [-0.3, -0.25) is 0 Å². The molecule has 1 saturated heterocycles. The van der Waals surface area contributed by atoms with Gasteiger partial charge in [0.05, 0.1) is 0 Å². The topological polar surface area (TPSA) is 114 Å². The fourth-order valence-corrected chi connectivity index (χ4v) is 3.96. The molecule has 7 nitrogen and oxygen atoms in total. The maximum atomic E-state index is 14.4. The lowest BCUT2D eigenvalue weighted by Crippen LogP contribution is -2.46. The molecule has 0 spiro atoms. The molecule has 1 aromatic rings. The lowest BCUT2D eigenvalue weighted by molar-refractivity contribution is -0.00346. The Bertz CT molecular complexity index is 673. The van der Waals surface area contributed by atoms with Crippen LogP contribution >= 0.6 is 0 Å². The number of hydrogen-bond acceptors (Lipinski definition) is 5. The summed E-state index contributed by atoms with van der Waals surface area (Å²) in [5.74, 6) is -1.95. The molecule has 1 fully saturated rings. The Morgan fingerprint density at radius 3 is 2.50 bits per heavy atom. The number of carbonyl (C=O) groups is 1. The lowest BCUT2D eigenvalue weighted by atomic mass is 9.97. The Morgan fingerprint density at radius 1 is 1.41 bits per heavy atom. The van der Waals surface area contributed by atoms with Crippen LogP contribution in [0.2, 0.25) is 0 Å². The third-order valence-corrected chi connectivity index (χ3v) is 5.66. The highest BCUT2D eigenvalue weighted by molar-refractivity contribution is 7.92. The standard InChI is InChI=1S/C12H15F2N3O4S/c13-12(14,8-3-6-17(7-4-8)11(18)19)22(20,21)9-2-1-5-16-10(9)15/h1-2,5,8H,3-4,6-7H2,(H2,15,16)(H,18,19). The zero-order valence-corrected chi connectivity index (χ0v) is 12.3. The predicted molar refractivity (Wildman–Crippen MR) is 73.1 cm³/mol. The molecule has 1 aliphatic rings. The number of nitrogen functional groups attached to an aromatic ring is 1. The molecule has 0 saturated carbocycles. The van der Waals surface area contributed by atoms with Gasteiger partial charge in [-0.25, -0.2) is 18.2 Å². The summed E-state index contributed by atoms with van der Waals surface area (Å²) in [5, 5.41) is 4.76.